The van der Waals surface area contributed by atoms with Gasteiger partial charge in [0.25, 0.3) is 11.5 Å². The van der Waals surface area contributed by atoms with Gasteiger partial charge in [0, 0.05) is 22.3 Å². The Morgan fingerprint density at radius 1 is 1.19 bits per heavy atom. The molecule has 1 aromatic carbocycles. The standard InChI is InChI=1S/C20H19BrN4O2/c21-14-9-13(10-22-11-14)19(26)23-12-18-16-7-3-4-8-17(16)20(27)25(24-18)15-5-1-2-6-15/h3-4,7-11,15H,1-2,5-6,12H2,(H,23,26). The normalized spacial score (nSPS) is 14.6. The van der Waals surface area contributed by atoms with Gasteiger partial charge in [-0.15, -0.1) is 0 Å². The SMILES string of the molecule is O=C(NCc1nn(C2CCCC2)c(=O)c2ccccc12)c1cncc(Br)c1. The molecular formula is C20H19BrN4O2. The zero-order valence-corrected chi connectivity index (χ0v) is 16.3. The van der Waals surface area contributed by atoms with Crippen molar-refractivity contribution in [2.24, 2.45) is 0 Å². The third kappa shape index (κ3) is 3.64. The van der Waals surface area contributed by atoms with E-state index in [2.05, 4.69) is 31.3 Å². The maximum atomic E-state index is 12.9. The number of carbonyl (C=O) groups excluding carboxylic acids is 1. The molecule has 0 radical (unpaired) electrons. The molecular weight excluding hydrogens is 408 g/mol. The number of halogens is 1. The molecule has 1 saturated carbocycles. The van der Waals surface area contributed by atoms with Gasteiger partial charge in [-0.2, -0.15) is 5.10 Å². The van der Waals surface area contributed by atoms with Crippen LogP contribution in [0.5, 0.6) is 0 Å². The number of hydrogen-bond donors (Lipinski definition) is 1. The number of pyridine rings is 1. The van der Waals surface area contributed by atoms with Crippen molar-refractivity contribution in [1.29, 1.82) is 0 Å². The van der Waals surface area contributed by atoms with Crippen molar-refractivity contribution in [3.8, 4) is 0 Å². The van der Waals surface area contributed by atoms with Crippen LogP contribution in [0, 0.1) is 0 Å². The lowest BCUT2D eigenvalue weighted by Crippen LogP contribution is -2.30. The number of aromatic nitrogens is 3. The summed E-state index contributed by atoms with van der Waals surface area (Å²) < 4.78 is 2.37. The van der Waals surface area contributed by atoms with Gasteiger partial charge in [0.15, 0.2) is 0 Å². The summed E-state index contributed by atoms with van der Waals surface area (Å²) in [5.41, 5.74) is 1.12. The predicted octanol–water partition coefficient (Wildman–Crippen LogP) is 3.60. The Morgan fingerprint density at radius 3 is 2.67 bits per heavy atom. The smallest absolute Gasteiger partial charge is 0.274 e. The highest BCUT2D eigenvalue weighted by Gasteiger charge is 2.21. The van der Waals surface area contributed by atoms with Crippen LogP contribution in [-0.4, -0.2) is 20.7 Å². The molecule has 27 heavy (non-hydrogen) atoms. The number of benzene rings is 1. The molecule has 2 aromatic heterocycles. The Hall–Kier alpha value is -2.54. The van der Waals surface area contributed by atoms with Crippen LogP contribution in [0.1, 0.15) is 47.8 Å². The largest absolute Gasteiger partial charge is 0.346 e. The summed E-state index contributed by atoms with van der Waals surface area (Å²) in [5.74, 6) is -0.228. The minimum Gasteiger partial charge on any atom is -0.346 e. The molecule has 0 unspecified atom stereocenters. The number of rotatable bonds is 4. The van der Waals surface area contributed by atoms with Gasteiger partial charge < -0.3 is 5.32 Å². The monoisotopic (exact) mass is 426 g/mol. The van der Waals surface area contributed by atoms with Crippen LogP contribution < -0.4 is 10.9 Å². The summed E-state index contributed by atoms with van der Waals surface area (Å²) in [6.07, 6.45) is 7.33. The summed E-state index contributed by atoms with van der Waals surface area (Å²) in [4.78, 5) is 29.3. The number of fused-ring (bicyclic) bond motifs is 1. The summed E-state index contributed by atoms with van der Waals surface area (Å²) in [6, 6.07) is 9.31. The second-order valence-corrected chi connectivity index (χ2v) is 7.67. The van der Waals surface area contributed by atoms with E-state index in [0.717, 1.165) is 35.5 Å². The molecule has 6 nitrogen and oxygen atoms in total. The van der Waals surface area contributed by atoms with E-state index in [1.807, 2.05) is 24.3 Å². The average molecular weight is 427 g/mol. The number of hydrogen-bond acceptors (Lipinski definition) is 4. The molecule has 0 bridgehead atoms. The fourth-order valence-electron chi connectivity index (χ4n) is 3.60. The molecule has 0 saturated heterocycles. The molecule has 1 aliphatic carbocycles. The summed E-state index contributed by atoms with van der Waals surface area (Å²) >= 11 is 3.32. The summed E-state index contributed by atoms with van der Waals surface area (Å²) in [5, 5.41) is 8.95. The minimum absolute atomic E-state index is 0.0521. The van der Waals surface area contributed by atoms with Crippen LogP contribution >= 0.6 is 15.9 Å². The predicted molar refractivity (Wildman–Crippen MR) is 107 cm³/mol. The number of nitrogens with zero attached hydrogens (tertiary/aromatic N) is 3. The lowest BCUT2D eigenvalue weighted by Gasteiger charge is -2.16. The van der Waals surface area contributed by atoms with Gasteiger partial charge in [0.05, 0.1) is 29.2 Å². The molecule has 138 valence electrons. The van der Waals surface area contributed by atoms with Crippen LogP contribution in [0.2, 0.25) is 0 Å². The Balaban J connectivity index is 1.67. The number of carbonyl (C=O) groups is 1. The topological polar surface area (TPSA) is 76.9 Å². The first-order valence-electron chi connectivity index (χ1n) is 9.02. The van der Waals surface area contributed by atoms with E-state index in [0.29, 0.717) is 16.6 Å². The second kappa shape index (κ2) is 7.60. The Kier molecular flexibility index (Phi) is 5.03. The van der Waals surface area contributed by atoms with E-state index in [9.17, 15) is 9.59 Å². The average Bonchev–Trinajstić information content (AvgIpc) is 3.22. The van der Waals surface area contributed by atoms with Gasteiger partial charge >= 0.3 is 0 Å². The highest BCUT2D eigenvalue weighted by molar-refractivity contribution is 9.10. The molecule has 0 atom stereocenters. The van der Waals surface area contributed by atoms with Crippen molar-refractivity contribution in [3.05, 3.63) is 68.8 Å². The Morgan fingerprint density at radius 2 is 1.93 bits per heavy atom. The van der Waals surface area contributed by atoms with Gasteiger partial charge in [-0.3, -0.25) is 14.6 Å². The molecule has 2 heterocycles. The zero-order valence-electron chi connectivity index (χ0n) is 14.7. The molecule has 0 aliphatic heterocycles. The zero-order chi connectivity index (χ0) is 18.8. The van der Waals surface area contributed by atoms with E-state index in [1.54, 1.807) is 16.9 Å². The molecule has 1 fully saturated rings. The molecule has 1 N–H and O–H groups in total. The fourth-order valence-corrected chi connectivity index (χ4v) is 3.97. The van der Waals surface area contributed by atoms with Crippen molar-refractivity contribution in [2.75, 3.05) is 0 Å². The highest BCUT2D eigenvalue weighted by Crippen LogP contribution is 2.28. The molecule has 1 aliphatic rings. The molecule has 4 rings (SSSR count). The highest BCUT2D eigenvalue weighted by atomic mass is 79.9. The molecule has 3 aromatic rings. The lowest BCUT2D eigenvalue weighted by molar-refractivity contribution is 0.0950. The van der Waals surface area contributed by atoms with Gasteiger partial charge in [-0.05, 0) is 40.9 Å². The van der Waals surface area contributed by atoms with E-state index in [-0.39, 0.29) is 24.1 Å². The van der Waals surface area contributed by atoms with Gasteiger partial charge in [-0.1, -0.05) is 31.0 Å². The van der Waals surface area contributed by atoms with E-state index in [1.165, 1.54) is 6.20 Å². The van der Waals surface area contributed by atoms with Crippen LogP contribution in [0.4, 0.5) is 0 Å². The first-order valence-corrected chi connectivity index (χ1v) is 9.82. The third-order valence-electron chi connectivity index (χ3n) is 4.96. The van der Waals surface area contributed by atoms with Crippen LogP contribution in [0.25, 0.3) is 10.8 Å². The van der Waals surface area contributed by atoms with Crippen molar-refractivity contribution in [2.45, 2.75) is 38.3 Å². The van der Waals surface area contributed by atoms with Gasteiger partial charge in [-0.25, -0.2) is 4.68 Å². The fraction of sp³-hybridized carbons (Fsp3) is 0.300. The van der Waals surface area contributed by atoms with Crippen LogP contribution in [0.15, 0.2) is 52.0 Å². The van der Waals surface area contributed by atoms with Gasteiger partial charge in [0.2, 0.25) is 0 Å². The van der Waals surface area contributed by atoms with Gasteiger partial charge in [0.1, 0.15) is 0 Å². The minimum atomic E-state index is -0.228. The Labute approximate surface area is 164 Å². The number of amides is 1. The van der Waals surface area contributed by atoms with E-state index < -0.39 is 0 Å². The van der Waals surface area contributed by atoms with Crippen molar-refractivity contribution in [1.82, 2.24) is 20.1 Å². The van der Waals surface area contributed by atoms with Crippen molar-refractivity contribution < 1.29 is 4.79 Å². The third-order valence-corrected chi connectivity index (χ3v) is 5.39. The van der Waals surface area contributed by atoms with Crippen molar-refractivity contribution >= 4 is 32.6 Å². The summed E-state index contributed by atoms with van der Waals surface area (Å²) in [7, 11) is 0. The first kappa shape index (κ1) is 17.9. The molecule has 1 amide bonds. The maximum Gasteiger partial charge on any atom is 0.274 e. The lowest BCUT2D eigenvalue weighted by atomic mass is 10.1. The van der Waals surface area contributed by atoms with E-state index in [4.69, 9.17) is 0 Å². The molecule has 0 spiro atoms. The quantitative estimate of drug-likeness (QED) is 0.691. The maximum absolute atomic E-state index is 12.9. The van der Waals surface area contributed by atoms with Crippen LogP contribution in [0.3, 0.4) is 0 Å². The van der Waals surface area contributed by atoms with E-state index >= 15 is 0 Å². The Bertz CT molecular complexity index is 1060. The second-order valence-electron chi connectivity index (χ2n) is 6.75. The summed E-state index contributed by atoms with van der Waals surface area (Å²) in [6.45, 7) is 0.249. The van der Waals surface area contributed by atoms with Crippen LogP contribution in [-0.2, 0) is 6.54 Å². The van der Waals surface area contributed by atoms with Crippen molar-refractivity contribution in [3.63, 3.8) is 0 Å². The number of nitrogens with one attached hydrogen (secondary N) is 1. The first-order chi connectivity index (χ1) is 13.1. The molecule has 7 heteroatoms.